The maximum atomic E-state index is 12.6. The number of carboxylic acid groups (broad SMARTS) is 1. The SMILES string of the molecule is O=C(O)C1(Nc2cccc(Cl)c2)CCC2(CC1)C(c1cccc3occc13)=Cc1ccccc12. The summed E-state index contributed by atoms with van der Waals surface area (Å²) >= 11 is 6.16. The zero-order chi connectivity index (χ0) is 23.3. The fourth-order valence-electron chi connectivity index (χ4n) is 5.94. The molecule has 170 valence electrons. The summed E-state index contributed by atoms with van der Waals surface area (Å²) in [5.41, 5.74) is 5.22. The maximum Gasteiger partial charge on any atom is 0.329 e. The fourth-order valence-corrected chi connectivity index (χ4v) is 6.13. The molecule has 0 aliphatic heterocycles. The number of fused-ring (bicyclic) bond motifs is 3. The summed E-state index contributed by atoms with van der Waals surface area (Å²) in [5, 5.41) is 15.3. The van der Waals surface area contributed by atoms with Crippen LogP contribution >= 0.6 is 11.6 Å². The van der Waals surface area contributed by atoms with Crippen LogP contribution in [0.15, 0.2) is 83.5 Å². The minimum absolute atomic E-state index is 0.239. The Bertz CT molecular complexity index is 1440. The number of anilines is 1. The van der Waals surface area contributed by atoms with Gasteiger partial charge in [0.25, 0.3) is 0 Å². The van der Waals surface area contributed by atoms with Gasteiger partial charge < -0.3 is 14.8 Å². The van der Waals surface area contributed by atoms with Gasteiger partial charge in [-0.15, -0.1) is 0 Å². The second-order valence-electron chi connectivity index (χ2n) is 9.39. The molecule has 0 atom stereocenters. The zero-order valence-electron chi connectivity index (χ0n) is 18.6. The number of allylic oxidation sites excluding steroid dienone is 1. The number of nitrogens with one attached hydrogen (secondary N) is 1. The van der Waals surface area contributed by atoms with Crippen LogP contribution in [0.25, 0.3) is 22.6 Å². The van der Waals surface area contributed by atoms with Crippen molar-refractivity contribution >= 4 is 45.9 Å². The molecular weight excluding hydrogens is 446 g/mol. The predicted molar refractivity (Wildman–Crippen MR) is 136 cm³/mol. The van der Waals surface area contributed by atoms with Crippen LogP contribution in [0.5, 0.6) is 0 Å². The van der Waals surface area contributed by atoms with E-state index in [1.165, 1.54) is 16.7 Å². The molecule has 2 N–H and O–H groups in total. The summed E-state index contributed by atoms with van der Waals surface area (Å²) in [7, 11) is 0. The topological polar surface area (TPSA) is 62.5 Å². The van der Waals surface area contributed by atoms with E-state index in [0.29, 0.717) is 17.9 Å². The smallest absolute Gasteiger partial charge is 0.329 e. The highest BCUT2D eigenvalue weighted by molar-refractivity contribution is 6.30. The van der Waals surface area contributed by atoms with Gasteiger partial charge in [-0.05, 0) is 84.4 Å². The quantitative estimate of drug-likeness (QED) is 0.327. The molecule has 2 aliphatic carbocycles. The van der Waals surface area contributed by atoms with Gasteiger partial charge in [0, 0.05) is 21.5 Å². The third-order valence-electron chi connectivity index (χ3n) is 7.65. The molecule has 1 heterocycles. The molecule has 3 aromatic carbocycles. The first-order valence-corrected chi connectivity index (χ1v) is 11.9. The van der Waals surface area contributed by atoms with E-state index in [-0.39, 0.29) is 5.41 Å². The van der Waals surface area contributed by atoms with Crippen molar-refractivity contribution in [2.45, 2.75) is 36.6 Å². The molecule has 6 rings (SSSR count). The number of aliphatic carboxylic acids is 1. The molecule has 5 heteroatoms. The summed E-state index contributed by atoms with van der Waals surface area (Å²) in [6, 6.07) is 24.0. The molecule has 1 aromatic heterocycles. The highest BCUT2D eigenvalue weighted by Crippen LogP contribution is 2.57. The lowest BCUT2D eigenvalue weighted by atomic mass is 9.61. The van der Waals surface area contributed by atoms with Crippen molar-refractivity contribution in [3.8, 4) is 0 Å². The minimum Gasteiger partial charge on any atom is -0.480 e. The Balaban J connectivity index is 1.42. The predicted octanol–water partition coefficient (Wildman–Crippen LogP) is 7.39. The van der Waals surface area contributed by atoms with Gasteiger partial charge in [-0.3, -0.25) is 0 Å². The van der Waals surface area contributed by atoms with Crippen molar-refractivity contribution in [2.24, 2.45) is 0 Å². The highest BCUT2D eigenvalue weighted by Gasteiger charge is 2.52. The molecule has 0 radical (unpaired) electrons. The van der Waals surface area contributed by atoms with E-state index >= 15 is 0 Å². The first-order valence-electron chi connectivity index (χ1n) is 11.6. The Morgan fingerprint density at radius 2 is 1.74 bits per heavy atom. The van der Waals surface area contributed by atoms with Crippen LogP contribution in [-0.2, 0) is 10.2 Å². The van der Waals surface area contributed by atoms with Gasteiger partial charge in [0.15, 0.2) is 0 Å². The van der Waals surface area contributed by atoms with Crippen molar-refractivity contribution in [1.82, 2.24) is 0 Å². The van der Waals surface area contributed by atoms with E-state index in [1.54, 1.807) is 18.4 Å². The number of hydrogen-bond acceptors (Lipinski definition) is 3. The normalized spacial score (nSPS) is 23.6. The molecule has 0 saturated heterocycles. The minimum atomic E-state index is -1.04. The first-order chi connectivity index (χ1) is 16.5. The fraction of sp³-hybridized carbons (Fsp3) is 0.207. The van der Waals surface area contributed by atoms with Crippen LogP contribution in [0.2, 0.25) is 5.02 Å². The number of benzene rings is 3. The third-order valence-corrected chi connectivity index (χ3v) is 7.89. The van der Waals surface area contributed by atoms with E-state index in [1.807, 2.05) is 30.3 Å². The Hall–Kier alpha value is -3.50. The van der Waals surface area contributed by atoms with Crippen molar-refractivity contribution in [3.05, 3.63) is 101 Å². The third kappa shape index (κ3) is 3.17. The Morgan fingerprint density at radius 1 is 0.941 bits per heavy atom. The summed E-state index contributed by atoms with van der Waals surface area (Å²) < 4.78 is 5.69. The van der Waals surface area contributed by atoms with Crippen molar-refractivity contribution < 1.29 is 14.3 Å². The van der Waals surface area contributed by atoms with Crippen molar-refractivity contribution in [1.29, 1.82) is 0 Å². The molecule has 1 fully saturated rings. The van der Waals surface area contributed by atoms with Crippen LogP contribution in [0.3, 0.4) is 0 Å². The number of hydrogen-bond donors (Lipinski definition) is 2. The molecule has 4 aromatic rings. The lowest BCUT2D eigenvalue weighted by molar-refractivity contribution is -0.143. The summed E-state index contributed by atoms with van der Waals surface area (Å²) in [4.78, 5) is 12.6. The van der Waals surface area contributed by atoms with Crippen LogP contribution in [-0.4, -0.2) is 16.6 Å². The van der Waals surface area contributed by atoms with Crippen molar-refractivity contribution in [3.63, 3.8) is 0 Å². The number of carboxylic acids is 1. The van der Waals surface area contributed by atoms with Crippen LogP contribution < -0.4 is 5.32 Å². The zero-order valence-corrected chi connectivity index (χ0v) is 19.3. The van der Waals surface area contributed by atoms with E-state index in [4.69, 9.17) is 16.0 Å². The summed E-state index contributed by atoms with van der Waals surface area (Å²) in [6.07, 6.45) is 6.47. The van der Waals surface area contributed by atoms with Gasteiger partial charge in [0.2, 0.25) is 0 Å². The second kappa shape index (κ2) is 7.78. The van der Waals surface area contributed by atoms with Gasteiger partial charge in [-0.2, -0.15) is 0 Å². The van der Waals surface area contributed by atoms with E-state index in [2.05, 4.69) is 41.7 Å². The molecule has 34 heavy (non-hydrogen) atoms. The number of rotatable bonds is 4. The molecule has 0 bridgehead atoms. The second-order valence-corrected chi connectivity index (χ2v) is 9.82. The van der Waals surface area contributed by atoms with Gasteiger partial charge >= 0.3 is 5.97 Å². The Morgan fingerprint density at radius 3 is 2.53 bits per heavy atom. The Labute approximate surface area is 202 Å². The van der Waals surface area contributed by atoms with Gasteiger partial charge in [-0.25, -0.2) is 4.79 Å². The molecular formula is C29H24ClNO3. The van der Waals surface area contributed by atoms with E-state index in [0.717, 1.165) is 35.1 Å². The van der Waals surface area contributed by atoms with Gasteiger partial charge in [0.05, 0.1) is 6.26 Å². The molecule has 0 amide bonds. The van der Waals surface area contributed by atoms with Crippen LogP contribution in [0.4, 0.5) is 5.69 Å². The summed E-state index contributed by atoms with van der Waals surface area (Å²) in [6.45, 7) is 0. The van der Waals surface area contributed by atoms with Crippen molar-refractivity contribution in [2.75, 3.05) is 5.32 Å². The largest absolute Gasteiger partial charge is 0.480 e. The van der Waals surface area contributed by atoms with Crippen LogP contribution in [0.1, 0.15) is 42.4 Å². The number of carbonyl (C=O) groups is 1. The number of halogens is 1. The maximum absolute atomic E-state index is 12.6. The lowest BCUT2D eigenvalue weighted by Crippen LogP contribution is -2.52. The van der Waals surface area contributed by atoms with Gasteiger partial charge in [-0.1, -0.05) is 54.1 Å². The number of furan rings is 1. The monoisotopic (exact) mass is 469 g/mol. The van der Waals surface area contributed by atoms with Crippen LogP contribution in [0, 0.1) is 0 Å². The first kappa shape index (κ1) is 21.1. The standard InChI is InChI=1S/C29H24ClNO3/c30-20-6-3-7-21(18-20)31-29(27(32)33)14-12-28(13-15-29)24-9-2-1-5-19(24)17-25(28)22-8-4-10-26-23(22)11-16-34-26/h1-11,16-18,31H,12-15H2,(H,32,33). The molecule has 2 aliphatic rings. The summed E-state index contributed by atoms with van der Waals surface area (Å²) in [5.74, 6) is -0.823. The Kier molecular flexibility index (Phi) is 4.82. The highest BCUT2D eigenvalue weighted by atomic mass is 35.5. The average Bonchev–Trinajstić information content (AvgIpc) is 3.44. The van der Waals surface area contributed by atoms with E-state index in [9.17, 15) is 9.90 Å². The molecule has 1 saturated carbocycles. The molecule has 4 nitrogen and oxygen atoms in total. The van der Waals surface area contributed by atoms with E-state index < -0.39 is 11.5 Å². The molecule has 0 unspecified atom stereocenters. The lowest BCUT2D eigenvalue weighted by Gasteiger charge is -2.45. The average molecular weight is 470 g/mol. The molecule has 1 spiro atoms. The van der Waals surface area contributed by atoms with Gasteiger partial charge in [0.1, 0.15) is 11.1 Å².